The summed E-state index contributed by atoms with van der Waals surface area (Å²) >= 11 is 0. The third-order valence-electron chi connectivity index (χ3n) is 12.6. The third kappa shape index (κ3) is 4.37. The molecular formula is C55H36O. The molecule has 11 aromatic rings. The average molecular weight is 713 g/mol. The molecule has 0 bridgehead atoms. The first kappa shape index (κ1) is 31.4. The van der Waals surface area contributed by atoms with E-state index in [-0.39, 0.29) is 5.41 Å². The van der Waals surface area contributed by atoms with Gasteiger partial charge in [-0.1, -0.05) is 166 Å². The van der Waals surface area contributed by atoms with Crippen molar-refractivity contribution < 1.29 is 4.42 Å². The van der Waals surface area contributed by atoms with Crippen LogP contribution in [0.5, 0.6) is 0 Å². The average Bonchev–Trinajstić information content (AvgIpc) is 3.74. The molecule has 0 radical (unpaired) electrons. The number of hydrogen-bond donors (Lipinski definition) is 0. The van der Waals surface area contributed by atoms with E-state index in [1.165, 1.54) is 109 Å². The Morgan fingerprint density at radius 3 is 1.62 bits per heavy atom. The molecule has 1 heteroatoms. The Morgan fingerprint density at radius 2 is 0.911 bits per heavy atom. The van der Waals surface area contributed by atoms with Gasteiger partial charge in [0.2, 0.25) is 0 Å². The maximum Gasteiger partial charge on any atom is 0.136 e. The summed E-state index contributed by atoms with van der Waals surface area (Å²) in [5.41, 5.74) is 14.7. The largest absolute Gasteiger partial charge is 0.456 e. The molecule has 1 nitrogen and oxygen atoms in total. The summed E-state index contributed by atoms with van der Waals surface area (Å²) in [5.74, 6) is 0. The molecule has 0 spiro atoms. The van der Waals surface area contributed by atoms with Gasteiger partial charge in [0.05, 0.1) is 0 Å². The SMILES string of the molecule is CC1(C)c2ccc(-c3ccc4cc(-c5c6ccccc6c(-c6ccccc6)c6ccccc56)ccc4c3)cc2-c2ccc3c(ccc4oc5ccccc5c43)c21. The second-order valence-corrected chi connectivity index (χ2v) is 16.0. The van der Waals surface area contributed by atoms with E-state index >= 15 is 0 Å². The van der Waals surface area contributed by atoms with Crippen molar-refractivity contribution in [1.82, 2.24) is 0 Å². The topological polar surface area (TPSA) is 13.1 Å². The number of para-hydroxylation sites is 1. The molecule has 262 valence electrons. The van der Waals surface area contributed by atoms with Gasteiger partial charge in [-0.25, -0.2) is 0 Å². The van der Waals surface area contributed by atoms with Crippen molar-refractivity contribution in [3.05, 3.63) is 193 Å². The van der Waals surface area contributed by atoms with Crippen molar-refractivity contribution in [2.24, 2.45) is 0 Å². The van der Waals surface area contributed by atoms with Crippen molar-refractivity contribution in [3.8, 4) is 44.5 Å². The van der Waals surface area contributed by atoms with E-state index in [4.69, 9.17) is 4.42 Å². The van der Waals surface area contributed by atoms with Crippen LogP contribution in [0.15, 0.2) is 186 Å². The number of hydrogen-bond acceptors (Lipinski definition) is 1. The van der Waals surface area contributed by atoms with E-state index in [2.05, 4.69) is 190 Å². The summed E-state index contributed by atoms with van der Waals surface area (Å²) in [7, 11) is 0. The molecule has 0 amide bonds. The van der Waals surface area contributed by atoms with Crippen LogP contribution in [0.4, 0.5) is 0 Å². The fraction of sp³-hybridized carbons (Fsp3) is 0.0545. The summed E-state index contributed by atoms with van der Waals surface area (Å²) in [5, 5.41) is 12.5. The second kappa shape index (κ2) is 11.5. The number of benzene rings is 10. The molecule has 0 fully saturated rings. The van der Waals surface area contributed by atoms with Crippen molar-refractivity contribution in [2.45, 2.75) is 19.3 Å². The predicted octanol–water partition coefficient (Wildman–Crippen LogP) is 15.5. The standard InChI is InChI=1S/C55H36O/c1-55(2)48-28-24-37(32-47(48)45-26-25-43-44(54(45)55)27-29-50-53(43)46-18-10-11-19-49(46)56-50)35-20-21-36-31-38(23-22-34(36)30-35)52-41-16-8-6-14-39(41)51(33-12-4-3-5-13-33)40-15-7-9-17-42(40)52/h3-32H,1-2H3. The van der Waals surface area contributed by atoms with Gasteiger partial charge in [0.1, 0.15) is 11.2 Å². The molecule has 0 atom stereocenters. The van der Waals surface area contributed by atoms with Gasteiger partial charge in [0.25, 0.3) is 0 Å². The van der Waals surface area contributed by atoms with Crippen LogP contribution >= 0.6 is 0 Å². The van der Waals surface area contributed by atoms with Crippen LogP contribution in [-0.4, -0.2) is 0 Å². The molecule has 12 rings (SSSR count). The minimum Gasteiger partial charge on any atom is -0.456 e. The number of furan rings is 1. The Labute approximate surface area is 325 Å². The van der Waals surface area contributed by atoms with E-state index in [1.807, 2.05) is 6.07 Å². The lowest BCUT2D eigenvalue weighted by Gasteiger charge is -2.23. The summed E-state index contributed by atoms with van der Waals surface area (Å²) in [6.45, 7) is 4.76. The molecule has 0 unspecified atom stereocenters. The molecule has 1 aliphatic carbocycles. The van der Waals surface area contributed by atoms with Crippen LogP contribution in [0.1, 0.15) is 25.0 Å². The molecule has 56 heavy (non-hydrogen) atoms. The van der Waals surface area contributed by atoms with Crippen molar-refractivity contribution in [3.63, 3.8) is 0 Å². The van der Waals surface area contributed by atoms with Crippen LogP contribution in [0.3, 0.4) is 0 Å². The lowest BCUT2D eigenvalue weighted by Crippen LogP contribution is -2.15. The van der Waals surface area contributed by atoms with Gasteiger partial charge in [-0.2, -0.15) is 0 Å². The molecule has 10 aromatic carbocycles. The maximum atomic E-state index is 6.27. The van der Waals surface area contributed by atoms with Crippen LogP contribution < -0.4 is 0 Å². The molecule has 1 heterocycles. The van der Waals surface area contributed by atoms with Crippen molar-refractivity contribution in [2.75, 3.05) is 0 Å². The van der Waals surface area contributed by atoms with Gasteiger partial charge in [-0.05, 0) is 129 Å². The first-order valence-corrected chi connectivity index (χ1v) is 19.6. The second-order valence-electron chi connectivity index (χ2n) is 16.0. The first-order valence-electron chi connectivity index (χ1n) is 19.6. The Balaban J connectivity index is 0.975. The van der Waals surface area contributed by atoms with Gasteiger partial charge in [0, 0.05) is 16.2 Å². The Bertz CT molecular complexity index is 3380. The number of fused-ring (bicyclic) bond motifs is 12. The number of rotatable bonds is 3. The minimum absolute atomic E-state index is 0.136. The fourth-order valence-corrected chi connectivity index (χ4v) is 10.1. The van der Waals surface area contributed by atoms with Gasteiger partial charge >= 0.3 is 0 Å². The van der Waals surface area contributed by atoms with Crippen molar-refractivity contribution >= 4 is 65.0 Å². The van der Waals surface area contributed by atoms with E-state index < -0.39 is 0 Å². The molecule has 0 N–H and O–H groups in total. The summed E-state index contributed by atoms with van der Waals surface area (Å²) in [6.07, 6.45) is 0. The summed E-state index contributed by atoms with van der Waals surface area (Å²) < 4.78 is 6.27. The highest BCUT2D eigenvalue weighted by molar-refractivity contribution is 6.22. The quantitative estimate of drug-likeness (QED) is 0.166. The van der Waals surface area contributed by atoms with Crippen LogP contribution in [-0.2, 0) is 5.41 Å². The van der Waals surface area contributed by atoms with E-state index in [1.54, 1.807) is 0 Å². The highest BCUT2D eigenvalue weighted by atomic mass is 16.3. The molecule has 1 aromatic heterocycles. The smallest absolute Gasteiger partial charge is 0.136 e. The molecular weight excluding hydrogens is 677 g/mol. The van der Waals surface area contributed by atoms with Crippen molar-refractivity contribution in [1.29, 1.82) is 0 Å². The van der Waals surface area contributed by atoms with Gasteiger partial charge in [-0.15, -0.1) is 0 Å². The molecule has 0 saturated carbocycles. The van der Waals surface area contributed by atoms with Crippen LogP contribution in [0, 0.1) is 0 Å². The highest BCUT2D eigenvalue weighted by Crippen LogP contribution is 2.53. The van der Waals surface area contributed by atoms with Crippen LogP contribution in [0.25, 0.3) is 110 Å². The fourth-order valence-electron chi connectivity index (χ4n) is 10.1. The minimum atomic E-state index is -0.136. The van der Waals surface area contributed by atoms with Crippen LogP contribution in [0.2, 0.25) is 0 Å². The lowest BCUT2D eigenvalue weighted by atomic mass is 9.79. The normalized spacial score (nSPS) is 13.3. The molecule has 1 aliphatic rings. The Kier molecular flexibility index (Phi) is 6.46. The Hall–Kier alpha value is -6.96. The first-order chi connectivity index (χ1) is 27.5. The monoisotopic (exact) mass is 712 g/mol. The van der Waals surface area contributed by atoms with Gasteiger partial charge in [0.15, 0.2) is 0 Å². The predicted molar refractivity (Wildman–Crippen MR) is 238 cm³/mol. The maximum absolute atomic E-state index is 6.27. The third-order valence-corrected chi connectivity index (χ3v) is 12.6. The van der Waals surface area contributed by atoms with E-state index in [9.17, 15) is 0 Å². The zero-order chi connectivity index (χ0) is 37.1. The summed E-state index contributed by atoms with van der Waals surface area (Å²) in [6, 6.07) is 67.1. The lowest BCUT2D eigenvalue weighted by molar-refractivity contribution is 0.665. The van der Waals surface area contributed by atoms with E-state index in [0.29, 0.717) is 0 Å². The van der Waals surface area contributed by atoms with Gasteiger partial charge < -0.3 is 4.42 Å². The molecule has 0 aliphatic heterocycles. The zero-order valence-electron chi connectivity index (χ0n) is 31.2. The molecule has 0 saturated heterocycles. The summed E-state index contributed by atoms with van der Waals surface area (Å²) in [4.78, 5) is 0. The highest BCUT2D eigenvalue weighted by Gasteiger charge is 2.37. The van der Waals surface area contributed by atoms with Gasteiger partial charge in [-0.3, -0.25) is 0 Å². The van der Waals surface area contributed by atoms with E-state index in [0.717, 1.165) is 11.2 Å². The zero-order valence-corrected chi connectivity index (χ0v) is 31.2. The Morgan fingerprint density at radius 1 is 0.357 bits per heavy atom.